The van der Waals surface area contributed by atoms with Crippen LogP contribution in [-0.2, 0) is 25.2 Å². The van der Waals surface area contributed by atoms with Gasteiger partial charge in [-0.1, -0.05) is 90.1 Å². The highest BCUT2D eigenvalue weighted by molar-refractivity contribution is 6.16. The van der Waals surface area contributed by atoms with E-state index in [0.717, 1.165) is 11.1 Å². The number of aliphatic carboxylic acids is 1. The summed E-state index contributed by atoms with van der Waals surface area (Å²) in [6.07, 6.45) is 0.246. The Balaban J connectivity index is 1.93. The third-order valence-corrected chi connectivity index (χ3v) is 5.61. The van der Waals surface area contributed by atoms with Gasteiger partial charge in [0.25, 0.3) is 0 Å². The minimum absolute atomic E-state index is 0.0233. The standard InChI is InChI=1S/C26H30O4/c1-25(2,3)18-11-7-16(8-12-18)20-15-21(30-24(20)29)22(23(27)28)17-9-13-19(14-10-17)26(4,5)6/h7-14,20H,15H2,1-6H3,(H,27,28)/b22-21-. The Morgan fingerprint density at radius 1 is 0.867 bits per heavy atom. The van der Waals surface area contributed by atoms with Gasteiger partial charge in [0.05, 0.1) is 5.92 Å². The number of carboxylic acid groups (broad SMARTS) is 1. The normalized spacial score (nSPS) is 18.9. The number of carbonyl (C=O) groups excluding carboxylic acids is 1. The largest absolute Gasteiger partial charge is 0.478 e. The molecular formula is C26H30O4. The quantitative estimate of drug-likeness (QED) is 0.516. The van der Waals surface area contributed by atoms with Crippen LogP contribution in [0.1, 0.15) is 76.1 Å². The Hall–Kier alpha value is -2.88. The number of hydrogen-bond donors (Lipinski definition) is 1. The van der Waals surface area contributed by atoms with Crippen molar-refractivity contribution in [3.05, 3.63) is 76.5 Å². The van der Waals surface area contributed by atoms with Gasteiger partial charge >= 0.3 is 11.9 Å². The molecule has 30 heavy (non-hydrogen) atoms. The fourth-order valence-corrected chi connectivity index (χ4v) is 3.67. The van der Waals surface area contributed by atoms with Crippen LogP contribution in [0.5, 0.6) is 0 Å². The summed E-state index contributed by atoms with van der Waals surface area (Å²) in [6.45, 7) is 12.7. The summed E-state index contributed by atoms with van der Waals surface area (Å²) in [5.41, 5.74) is 3.73. The Bertz CT molecular complexity index is 981. The Labute approximate surface area is 178 Å². The Morgan fingerprint density at radius 3 is 1.77 bits per heavy atom. The molecule has 158 valence electrons. The molecule has 1 aliphatic rings. The van der Waals surface area contributed by atoms with Crippen LogP contribution in [0.3, 0.4) is 0 Å². The van der Waals surface area contributed by atoms with Crippen LogP contribution in [0.15, 0.2) is 54.3 Å². The molecule has 1 heterocycles. The van der Waals surface area contributed by atoms with Crippen LogP contribution >= 0.6 is 0 Å². The first-order valence-corrected chi connectivity index (χ1v) is 10.3. The van der Waals surface area contributed by atoms with Gasteiger partial charge in [0, 0.05) is 6.42 Å². The summed E-state index contributed by atoms with van der Waals surface area (Å²) < 4.78 is 5.46. The van der Waals surface area contributed by atoms with E-state index < -0.39 is 17.9 Å². The number of rotatable bonds is 3. The molecule has 1 fully saturated rings. The van der Waals surface area contributed by atoms with Crippen molar-refractivity contribution in [3.8, 4) is 0 Å². The minimum atomic E-state index is -1.09. The van der Waals surface area contributed by atoms with Crippen molar-refractivity contribution in [2.75, 3.05) is 0 Å². The molecule has 1 saturated heterocycles. The fourth-order valence-electron chi connectivity index (χ4n) is 3.67. The van der Waals surface area contributed by atoms with E-state index in [-0.39, 0.29) is 28.6 Å². The van der Waals surface area contributed by atoms with Crippen LogP contribution in [0.2, 0.25) is 0 Å². The van der Waals surface area contributed by atoms with Crippen molar-refractivity contribution in [3.63, 3.8) is 0 Å². The molecule has 0 amide bonds. The lowest BCUT2D eigenvalue weighted by Crippen LogP contribution is -2.11. The van der Waals surface area contributed by atoms with Gasteiger partial charge in [-0.15, -0.1) is 0 Å². The van der Waals surface area contributed by atoms with Gasteiger partial charge < -0.3 is 9.84 Å². The zero-order chi connectivity index (χ0) is 22.3. The van der Waals surface area contributed by atoms with Crippen molar-refractivity contribution in [1.29, 1.82) is 0 Å². The van der Waals surface area contributed by atoms with E-state index >= 15 is 0 Å². The smallest absolute Gasteiger partial charge is 0.339 e. The maximum absolute atomic E-state index is 12.6. The van der Waals surface area contributed by atoms with E-state index in [4.69, 9.17) is 4.74 Å². The average Bonchev–Trinajstić information content (AvgIpc) is 3.02. The number of benzene rings is 2. The van der Waals surface area contributed by atoms with E-state index in [2.05, 4.69) is 41.5 Å². The van der Waals surface area contributed by atoms with Gasteiger partial charge in [-0.05, 0) is 33.1 Å². The van der Waals surface area contributed by atoms with Crippen LogP contribution < -0.4 is 0 Å². The maximum Gasteiger partial charge on any atom is 0.339 e. The summed E-state index contributed by atoms with van der Waals surface area (Å²) in [7, 11) is 0. The van der Waals surface area contributed by atoms with E-state index in [1.54, 1.807) is 12.1 Å². The highest BCUT2D eigenvalue weighted by Crippen LogP contribution is 2.38. The van der Waals surface area contributed by atoms with Crippen molar-refractivity contribution in [2.24, 2.45) is 0 Å². The average molecular weight is 407 g/mol. The molecule has 1 aliphatic heterocycles. The number of allylic oxidation sites excluding steroid dienone is 1. The van der Waals surface area contributed by atoms with Crippen LogP contribution in [0, 0.1) is 0 Å². The van der Waals surface area contributed by atoms with E-state index in [9.17, 15) is 14.7 Å². The van der Waals surface area contributed by atoms with E-state index in [0.29, 0.717) is 5.56 Å². The number of carboxylic acids is 1. The zero-order valence-electron chi connectivity index (χ0n) is 18.6. The van der Waals surface area contributed by atoms with Crippen LogP contribution in [0.25, 0.3) is 5.57 Å². The molecule has 0 aliphatic carbocycles. The molecule has 0 spiro atoms. The maximum atomic E-state index is 12.6. The lowest BCUT2D eigenvalue weighted by molar-refractivity contribution is -0.136. The van der Waals surface area contributed by atoms with Crippen molar-refractivity contribution in [1.82, 2.24) is 0 Å². The molecule has 1 atom stereocenters. The summed E-state index contributed by atoms with van der Waals surface area (Å²) in [4.78, 5) is 24.6. The first kappa shape index (κ1) is 21.8. The molecule has 3 rings (SSSR count). The van der Waals surface area contributed by atoms with Gasteiger partial charge in [-0.25, -0.2) is 4.79 Å². The van der Waals surface area contributed by atoms with Crippen molar-refractivity contribution in [2.45, 2.75) is 64.7 Å². The summed E-state index contributed by atoms with van der Waals surface area (Å²) >= 11 is 0. The van der Waals surface area contributed by atoms with Gasteiger partial charge in [0.15, 0.2) is 0 Å². The lowest BCUT2D eigenvalue weighted by Gasteiger charge is -2.19. The molecule has 4 heteroatoms. The summed E-state index contributed by atoms with van der Waals surface area (Å²) in [5, 5.41) is 9.84. The Kier molecular flexibility index (Phi) is 5.64. The number of esters is 1. The molecular weight excluding hydrogens is 376 g/mol. The summed E-state index contributed by atoms with van der Waals surface area (Å²) in [6, 6.07) is 15.4. The molecule has 0 radical (unpaired) electrons. The topological polar surface area (TPSA) is 63.6 Å². The predicted octanol–water partition coefficient (Wildman–Crippen LogP) is 5.81. The highest BCUT2D eigenvalue weighted by atomic mass is 16.5. The lowest BCUT2D eigenvalue weighted by atomic mass is 9.85. The molecule has 2 aromatic carbocycles. The zero-order valence-corrected chi connectivity index (χ0v) is 18.6. The second kappa shape index (κ2) is 7.75. The van der Waals surface area contributed by atoms with Crippen LogP contribution in [-0.4, -0.2) is 17.0 Å². The third-order valence-electron chi connectivity index (χ3n) is 5.61. The third kappa shape index (κ3) is 4.48. The first-order chi connectivity index (χ1) is 13.9. The molecule has 1 unspecified atom stereocenters. The Morgan fingerprint density at radius 2 is 1.33 bits per heavy atom. The number of carbonyl (C=O) groups is 2. The monoisotopic (exact) mass is 406 g/mol. The van der Waals surface area contributed by atoms with Crippen LogP contribution in [0.4, 0.5) is 0 Å². The molecule has 4 nitrogen and oxygen atoms in total. The van der Waals surface area contributed by atoms with Gasteiger partial charge in [-0.3, -0.25) is 4.79 Å². The van der Waals surface area contributed by atoms with Gasteiger partial charge in [-0.2, -0.15) is 0 Å². The van der Waals surface area contributed by atoms with E-state index in [1.165, 1.54) is 5.56 Å². The predicted molar refractivity (Wildman–Crippen MR) is 118 cm³/mol. The second-order valence-electron chi connectivity index (χ2n) is 9.98. The van der Waals surface area contributed by atoms with Gasteiger partial charge in [0.1, 0.15) is 11.3 Å². The number of cyclic esters (lactones) is 1. The van der Waals surface area contributed by atoms with Crippen molar-refractivity contribution < 1.29 is 19.4 Å². The first-order valence-electron chi connectivity index (χ1n) is 10.3. The minimum Gasteiger partial charge on any atom is -0.478 e. The van der Waals surface area contributed by atoms with Crippen molar-refractivity contribution >= 4 is 17.5 Å². The van der Waals surface area contributed by atoms with Gasteiger partial charge in [0.2, 0.25) is 0 Å². The SMILES string of the molecule is CC(C)(C)c1ccc(/C(C(=O)O)=C2\CC(c3ccc(C(C)(C)C)cc3)C(=O)O2)cc1. The fraction of sp³-hybridized carbons (Fsp3) is 0.385. The molecule has 0 saturated carbocycles. The summed E-state index contributed by atoms with van der Waals surface area (Å²) in [5.74, 6) is -1.76. The molecule has 2 aromatic rings. The molecule has 0 bridgehead atoms. The number of ether oxygens (including phenoxy) is 1. The molecule has 1 N–H and O–H groups in total. The molecule has 0 aromatic heterocycles. The number of hydrogen-bond acceptors (Lipinski definition) is 3. The highest BCUT2D eigenvalue weighted by Gasteiger charge is 2.36. The second-order valence-corrected chi connectivity index (χ2v) is 9.98. The van der Waals surface area contributed by atoms with E-state index in [1.807, 2.05) is 36.4 Å².